The van der Waals surface area contributed by atoms with Gasteiger partial charge in [-0.05, 0) is 17.7 Å². The second-order valence-corrected chi connectivity index (χ2v) is 3.81. The van der Waals surface area contributed by atoms with E-state index in [9.17, 15) is 0 Å². The number of rotatable bonds is 3. The van der Waals surface area contributed by atoms with E-state index in [1.165, 1.54) is 0 Å². The number of nitrogens with two attached hydrogens (primary N) is 1. The van der Waals surface area contributed by atoms with Crippen LogP contribution in [-0.2, 0) is 0 Å². The van der Waals surface area contributed by atoms with E-state index in [0.717, 1.165) is 5.56 Å². The highest BCUT2D eigenvalue weighted by Crippen LogP contribution is 2.23. The molecule has 3 rings (SSSR count). The quantitative estimate of drug-likeness (QED) is 0.761. The van der Waals surface area contributed by atoms with E-state index in [1.54, 1.807) is 18.4 Å². The van der Waals surface area contributed by atoms with E-state index in [1.807, 2.05) is 30.3 Å². The Hall–Kier alpha value is -2.40. The molecule has 0 aliphatic heterocycles. The molecule has 1 atom stereocenters. The molecule has 0 spiro atoms. The average Bonchev–Trinajstić information content (AvgIpc) is 3.09. The fourth-order valence-corrected chi connectivity index (χ4v) is 1.66. The van der Waals surface area contributed by atoms with Crippen LogP contribution in [0, 0.1) is 0 Å². The van der Waals surface area contributed by atoms with Crippen molar-refractivity contribution in [1.82, 2.24) is 10.2 Å². The normalized spacial score (nSPS) is 12.5. The fourth-order valence-electron chi connectivity index (χ4n) is 1.66. The standard InChI is InChI=1S/C13H11N3O2/c14-11(9-5-2-1-3-6-9)13-16-15-12(18-13)10-7-4-8-17-10/h1-8,11H,14H2. The minimum absolute atomic E-state index is 0.335. The molecule has 0 fully saturated rings. The zero-order valence-electron chi connectivity index (χ0n) is 9.48. The Morgan fingerprint density at radius 1 is 1.00 bits per heavy atom. The van der Waals surface area contributed by atoms with Crippen LogP contribution in [0.3, 0.4) is 0 Å². The highest BCUT2D eigenvalue weighted by molar-refractivity contribution is 5.42. The molecule has 0 saturated heterocycles. The van der Waals surface area contributed by atoms with Gasteiger partial charge in [0.25, 0.3) is 5.89 Å². The van der Waals surface area contributed by atoms with E-state index in [4.69, 9.17) is 14.6 Å². The lowest BCUT2D eigenvalue weighted by molar-refractivity contribution is 0.464. The highest BCUT2D eigenvalue weighted by atomic mass is 16.4. The van der Waals surface area contributed by atoms with Gasteiger partial charge in [0.1, 0.15) is 6.04 Å². The topological polar surface area (TPSA) is 78.1 Å². The third-order valence-corrected chi connectivity index (χ3v) is 2.60. The predicted octanol–water partition coefficient (Wildman–Crippen LogP) is 2.38. The van der Waals surface area contributed by atoms with Gasteiger partial charge in [-0.3, -0.25) is 0 Å². The summed E-state index contributed by atoms with van der Waals surface area (Å²) in [7, 11) is 0. The molecule has 3 aromatic rings. The first-order valence-corrected chi connectivity index (χ1v) is 5.52. The molecule has 0 aliphatic rings. The predicted molar refractivity (Wildman–Crippen MR) is 64.5 cm³/mol. The van der Waals surface area contributed by atoms with Crippen molar-refractivity contribution >= 4 is 0 Å². The van der Waals surface area contributed by atoms with Gasteiger partial charge in [-0.2, -0.15) is 0 Å². The van der Waals surface area contributed by atoms with E-state index >= 15 is 0 Å². The third kappa shape index (κ3) is 1.91. The fraction of sp³-hybridized carbons (Fsp3) is 0.0769. The molecule has 0 aliphatic carbocycles. The number of aromatic nitrogens is 2. The first-order chi connectivity index (χ1) is 8.84. The van der Waals surface area contributed by atoms with Gasteiger partial charge in [-0.25, -0.2) is 0 Å². The zero-order valence-corrected chi connectivity index (χ0v) is 9.48. The largest absolute Gasteiger partial charge is 0.459 e. The van der Waals surface area contributed by atoms with Gasteiger partial charge >= 0.3 is 0 Å². The molecule has 0 bridgehead atoms. The Balaban J connectivity index is 1.90. The minimum atomic E-state index is -0.428. The second-order valence-electron chi connectivity index (χ2n) is 3.81. The summed E-state index contributed by atoms with van der Waals surface area (Å²) in [6.45, 7) is 0. The molecular formula is C13H11N3O2. The molecular weight excluding hydrogens is 230 g/mol. The first kappa shape index (κ1) is 10.7. The minimum Gasteiger partial charge on any atom is -0.459 e. The Morgan fingerprint density at radius 2 is 1.83 bits per heavy atom. The first-order valence-electron chi connectivity index (χ1n) is 5.52. The summed E-state index contributed by atoms with van der Waals surface area (Å²) in [5, 5.41) is 7.86. The number of benzene rings is 1. The van der Waals surface area contributed by atoms with Gasteiger partial charge in [0.15, 0.2) is 5.76 Å². The van der Waals surface area contributed by atoms with Crippen LogP contribution in [0.1, 0.15) is 17.5 Å². The number of hydrogen-bond donors (Lipinski definition) is 1. The van der Waals surface area contributed by atoms with Crippen LogP contribution in [0.2, 0.25) is 0 Å². The van der Waals surface area contributed by atoms with Crippen LogP contribution in [-0.4, -0.2) is 10.2 Å². The van der Waals surface area contributed by atoms with E-state index in [0.29, 0.717) is 17.5 Å². The summed E-state index contributed by atoms with van der Waals surface area (Å²) >= 11 is 0. The Labute approximate surface area is 103 Å². The molecule has 5 heteroatoms. The molecule has 90 valence electrons. The van der Waals surface area contributed by atoms with Crippen LogP contribution in [0.15, 0.2) is 57.6 Å². The van der Waals surface area contributed by atoms with E-state index in [2.05, 4.69) is 10.2 Å². The van der Waals surface area contributed by atoms with E-state index < -0.39 is 6.04 Å². The van der Waals surface area contributed by atoms with Crippen molar-refractivity contribution in [3.63, 3.8) is 0 Å². The smallest absolute Gasteiger partial charge is 0.283 e. The Kier molecular flexibility index (Phi) is 2.66. The molecule has 1 unspecified atom stereocenters. The maximum absolute atomic E-state index is 6.06. The molecule has 2 N–H and O–H groups in total. The zero-order chi connectivity index (χ0) is 12.4. The molecule has 0 radical (unpaired) electrons. The van der Waals surface area contributed by atoms with Crippen molar-refractivity contribution in [3.8, 4) is 11.7 Å². The highest BCUT2D eigenvalue weighted by Gasteiger charge is 2.17. The molecule has 2 aromatic heterocycles. The van der Waals surface area contributed by atoms with E-state index in [-0.39, 0.29) is 0 Å². The molecule has 1 aromatic carbocycles. The summed E-state index contributed by atoms with van der Waals surface area (Å²) in [4.78, 5) is 0. The monoisotopic (exact) mass is 241 g/mol. The molecule has 0 saturated carbocycles. The summed E-state index contributed by atoms with van der Waals surface area (Å²) in [6.07, 6.45) is 1.55. The summed E-state index contributed by atoms with van der Waals surface area (Å²) in [5.74, 6) is 1.24. The van der Waals surface area contributed by atoms with Gasteiger partial charge < -0.3 is 14.6 Å². The molecule has 18 heavy (non-hydrogen) atoms. The molecule has 2 heterocycles. The lowest BCUT2D eigenvalue weighted by Crippen LogP contribution is -2.11. The van der Waals surface area contributed by atoms with Crippen LogP contribution in [0.25, 0.3) is 11.7 Å². The maximum Gasteiger partial charge on any atom is 0.283 e. The maximum atomic E-state index is 6.06. The van der Waals surface area contributed by atoms with Crippen LogP contribution in [0.4, 0.5) is 0 Å². The van der Waals surface area contributed by atoms with Crippen molar-refractivity contribution in [1.29, 1.82) is 0 Å². The Bertz CT molecular complexity index is 617. The van der Waals surface area contributed by atoms with Gasteiger partial charge in [-0.15, -0.1) is 10.2 Å². The van der Waals surface area contributed by atoms with Crippen molar-refractivity contribution in [2.45, 2.75) is 6.04 Å². The Morgan fingerprint density at radius 3 is 2.56 bits per heavy atom. The SMILES string of the molecule is NC(c1ccccc1)c1nnc(-c2ccco2)o1. The van der Waals surface area contributed by atoms with Gasteiger partial charge in [0, 0.05) is 0 Å². The van der Waals surface area contributed by atoms with Gasteiger partial charge in [0.05, 0.1) is 6.26 Å². The van der Waals surface area contributed by atoms with Crippen molar-refractivity contribution < 1.29 is 8.83 Å². The number of nitrogens with zero attached hydrogens (tertiary/aromatic N) is 2. The summed E-state index contributed by atoms with van der Waals surface area (Å²) in [5.41, 5.74) is 6.98. The van der Waals surface area contributed by atoms with Crippen molar-refractivity contribution in [2.24, 2.45) is 5.73 Å². The average molecular weight is 241 g/mol. The van der Waals surface area contributed by atoms with Crippen molar-refractivity contribution in [2.75, 3.05) is 0 Å². The van der Waals surface area contributed by atoms with Gasteiger partial charge in [-0.1, -0.05) is 30.3 Å². The molecule has 5 nitrogen and oxygen atoms in total. The van der Waals surface area contributed by atoms with Gasteiger partial charge in [0.2, 0.25) is 5.89 Å². The summed E-state index contributed by atoms with van der Waals surface area (Å²) < 4.78 is 10.7. The number of hydrogen-bond acceptors (Lipinski definition) is 5. The summed E-state index contributed by atoms with van der Waals surface area (Å²) in [6, 6.07) is 12.7. The third-order valence-electron chi connectivity index (χ3n) is 2.60. The van der Waals surface area contributed by atoms with Crippen LogP contribution < -0.4 is 5.73 Å². The second kappa shape index (κ2) is 4.46. The van der Waals surface area contributed by atoms with Crippen molar-refractivity contribution in [3.05, 3.63) is 60.2 Å². The number of furan rings is 1. The lowest BCUT2D eigenvalue weighted by Gasteiger charge is -2.05. The lowest BCUT2D eigenvalue weighted by atomic mass is 10.1. The van der Waals surface area contributed by atoms with Crippen LogP contribution >= 0.6 is 0 Å². The molecule has 0 amide bonds. The van der Waals surface area contributed by atoms with Crippen LogP contribution in [0.5, 0.6) is 0 Å².